The maximum atomic E-state index is 10.7. The Kier molecular flexibility index (Phi) is 3.81. The van der Waals surface area contributed by atoms with Crippen LogP contribution in [-0.2, 0) is 10.0 Å². The standard InChI is InChI=1S/C7H13N5O2S/c1-15(13,14)10-5-4-9-7-3-2-6(8)11-12-7/h2-3,10H,4-5H2,1H3,(H2,8,11)(H,9,12). The molecule has 1 rings (SSSR count). The van der Waals surface area contributed by atoms with Gasteiger partial charge in [0.2, 0.25) is 10.0 Å². The SMILES string of the molecule is CS(=O)(=O)NCCNc1ccc(N)nn1. The summed E-state index contributed by atoms with van der Waals surface area (Å²) in [5.41, 5.74) is 5.35. The van der Waals surface area contributed by atoms with E-state index in [1.165, 1.54) is 0 Å². The van der Waals surface area contributed by atoms with Crippen molar-refractivity contribution in [3.63, 3.8) is 0 Å². The summed E-state index contributed by atoms with van der Waals surface area (Å²) in [5.74, 6) is 0.898. The molecule has 0 unspecified atom stereocenters. The van der Waals surface area contributed by atoms with E-state index < -0.39 is 10.0 Å². The summed E-state index contributed by atoms with van der Waals surface area (Å²) < 4.78 is 23.7. The van der Waals surface area contributed by atoms with Gasteiger partial charge in [-0.1, -0.05) is 0 Å². The molecule has 7 nitrogen and oxygen atoms in total. The number of hydrogen-bond donors (Lipinski definition) is 3. The molecule has 0 amide bonds. The van der Waals surface area contributed by atoms with Crippen molar-refractivity contribution in [1.82, 2.24) is 14.9 Å². The van der Waals surface area contributed by atoms with E-state index in [1.807, 2.05) is 0 Å². The van der Waals surface area contributed by atoms with Crippen LogP contribution in [0.25, 0.3) is 0 Å². The second kappa shape index (κ2) is 4.89. The van der Waals surface area contributed by atoms with Gasteiger partial charge in [-0.25, -0.2) is 13.1 Å². The predicted molar refractivity (Wildman–Crippen MR) is 57.8 cm³/mol. The van der Waals surface area contributed by atoms with E-state index in [-0.39, 0.29) is 0 Å². The Morgan fingerprint density at radius 1 is 1.33 bits per heavy atom. The minimum absolute atomic E-state index is 0.297. The summed E-state index contributed by atoms with van der Waals surface area (Å²) in [7, 11) is -3.13. The van der Waals surface area contributed by atoms with Gasteiger partial charge < -0.3 is 11.1 Å². The van der Waals surface area contributed by atoms with Crippen LogP contribution in [0.2, 0.25) is 0 Å². The normalized spacial score (nSPS) is 11.3. The van der Waals surface area contributed by atoms with E-state index in [0.717, 1.165) is 6.26 Å². The molecule has 0 radical (unpaired) electrons. The van der Waals surface area contributed by atoms with Gasteiger partial charge in [-0.05, 0) is 12.1 Å². The molecule has 0 saturated heterocycles. The lowest BCUT2D eigenvalue weighted by Crippen LogP contribution is -2.27. The van der Waals surface area contributed by atoms with E-state index in [0.29, 0.717) is 24.7 Å². The molecule has 15 heavy (non-hydrogen) atoms. The minimum atomic E-state index is -3.13. The highest BCUT2D eigenvalue weighted by atomic mass is 32.2. The predicted octanol–water partition coefficient (Wildman–Crippen LogP) is -0.980. The van der Waals surface area contributed by atoms with E-state index in [2.05, 4.69) is 20.2 Å². The number of nitrogens with one attached hydrogen (secondary N) is 2. The average molecular weight is 231 g/mol. The van der Waals surface area contributed by atoms with Crippen molar-refractivity contribution in [2.24, 2.45) is 0 Å². The van der Waals surface area contributed by atoms with E-state index in [1.54, 1.807) is 12.1 Å². The summed E-state index contributed by atoms with van der Waals surface area (Å²) in [5, 5.41) is 10.3. The molecule has 8 heteroatoms. The number of nitrogens with two attached hydrogens (primary N) is 1. The molecule has 0 aliphatic rings. The first-order chi connectivity index (χ1) is 6.97. The van der Waals surface area contributed by atoms with Gasteiger partial charge in [-0.3, -0.25) is 0 Å². The molecule has 1 heterocycles. The van der Waals surface area contributed by atoms with Gasteiger partial charge in [-0.2, -0.15) is 0 Å². The molecule has 1 aromatic heterocycles. The minimum Gasteiger partial charge on any atom is -0.382 e. The van der Waals surface area contributed by atoms with Crippen LogP contribution in [0.5, 0.6) is 0 Å². The van der Waals surface area contributed by atoms with Gasteiger partial charge in [0.05, 0.1) is 6.26 Å². The second-order valence-corrected chi connectivity index (χ2v) is 4.77. The van der Waals surface area contributed by atoms with Crippen LogP contribution in [0.15, 0.2) is 12.1 Å². The van der Waals surface area contributed by atoms with Crippen LogP contribution in [0.1, 0.15) is 0 Å². The van der Waals surface area contributed by atoms with E-state index >= 15 is 0 Å². The Balaban J connectivity index is 2.29. The molecule has 0 aliphatic carbocycles. The Labute approximate surface area is 88.1 Å². The number of rotatable bonds is 5. The highest BCUT2D eigenvalue weighted by molar-refractivity contribution is 7.88. The molecule has 1 aromatic rings. The molecule has 0 aromatic carbocycles. The van der Waals surface area contributed by atoms with Crippen LogP contribution >= 0.6 is 0 Å². The lowest BCUT2D eigenvalue weighted by molar-refractivity contribution is 0.589. The second-order valence-electron chi connectivity index (χ2n) is 2.94. The Morgan fingerprint density at radius 2 is 2.07 bits per heavy atom. The fourth-order valence-electron chi connectivity index (χ4n) is 0.864. The van der Waals surface area contributed by atoms with Crippen LogP contribution < -0.4 is 15.8 Å². The molecular formula is C7H13N5O2S. The van der Waals surface area contributed by atoms with Crippen LogP contribution in [0, 0.1) is 0 Å². The third-order valence-electron chi connectivity index (χ3n) is 1.48. The number of anilines is 2. The third-order valence-corrected chi connectivity index (χ3v) is 2.21. The van der Waals surface area contributed by atoms with Gasteiger partial charge in [0.15, 0.2) is 0 Å². The van der Waals surface area contributed by atoms with E-state index in [9.17, 15) is 8.42 Å². The number of nitrogen functional groups attached to an aromatic ring is 1. The summed E-state index contributed by atoms with van der Waals surface area (Å²) in [6, 6.07) is 3.28. The van der Waals surface area contributed by atoms with Crippen molar-refractivity contribution in [3.05, 3.63) is 12.1 Å². The Morgan fingerprint density at radius 3 is 2.60 bits per heavy atom. The van der Waals surface area contributed by atoms with Gasteiger partial charge in [0.25, 0.3) is 0 Å². The van der Waals surface area contributed by atoms with Gasteiger partial charge >= 0.3 is 0 Å². The van der Waals surface area contributed by atoms with E-state index in [4.69, 9.17) is 5.73 Å². The highest BCUT2D eigenvalue weighted by Gasteiger charge is 1.99. The number of nitrogens with zero attached hydrogens (tertiary/aromatic N) is 2. The molecule has 84 valence electrons. The zero-order chi connectivity index (χ0) is 11.3. The average Bonchev–Trinajstić information content (AvgIpc) is 2.14. The molecule has 0 aliphatic heterocycles. The quantitative estimate of drug-likeness (QED) is 0.562. The van der Waals surface area contributed by atoms with Crippen molar-refractivity contribution in [3.8, 4) is 0 Å². The lowest BCUT2D eigenvalue weighted by Gasteiger charge is -2.04. The summed E-state index contributed by atoms with van der Waals surface area (Å²) >= 11 is 0. The maximum absolute atomic E-state index is 10.7. The number of hydrogen-bond acceptors (Lipinski definition) is 6. The van der Waals surface area contributed by atoms with Crippen molar-refractivity contribution in [2.75, 3.05) is 30.4 Å². The van der Waals surface area contributed by atoms with Crippen LogP contribution in [-0.4, -0.2) is 38.0 Å². The van der Waals surface area contributed by atoms with Gasteiger partial charge in [-0.15, -0.1) is 10.2 Å². The first-order valence-corrected chi connectivity index (χ1v) is 6.14. The Bertz CT molecular complexity index is 402. The van der Waals surface area contributed by atoms with Crippen molar-refractivity contribution in [2.45, 2.75) is 0 Å². The van der Waals surface area contributed by atoms with Crippen LogP contribution in [0.3, 0.4) is 0 Å². The zero-order valence-electron chi connectivity index (χ0n) is 8.27. The molecule has 0 saturated carbocycles. The Hall–Kier alpha value is -1.41. The van der Waals surface area contributed by atoms with Crippen molar-refractivity contribution >= 4 is 21.7 Å². The molecular weight excluding hydrogens is 218 g/mol. The smallest absolute Gasteiger partial charge is 0.208 e. The molecule has 0 atom stereocenters. The maximum Gasteiger partial charge on any atom is 0.208 e. The largest absolute Gasteiger partial charge is 0.382 e. The fourth-order valence-corrected chi connectivity index (χ4v) is 1.34. The van der Waals surface area contributed by atoms with Crippen LogP contribution in [0.4, 0.5) is 11.6 Å². The summed E-state index contributed by atoms with van der Waals surface area (Å²) in [6.45, 7) is 0.733. The lowest BCUT2D eigenvalue weighted by atomic mass is 10.5. The third kappa shape index (κ3) is 5.13. The first-order valence-electron chi connectivity index (χ1n) is 4.25. The zero-order valence-corrected chi connectivity index (χ0v) is 9.08. The van der Waals surface area contributed by atoms with Crippen molar-refractivity contribution in [1.29, 1.82) is 0 Å². The van der Waals surface area contributed by atoms with Crippen molar-refractivity contribution < 1.29 is 8.42 Å². The molecule has 0 spiro atoms. The molecule has 0 bridgehead atoms. The fraction of sp³-hybridized carbons (Fsp3) is 0.429. The number of sulfonamides is 1. The topological polar surface area (TPSA) is 110 Å². The summed E-state index contributed by atoms with van der Waals surface area (Å²) in [6.07, 6.45) is 1.11. The molecule has 4 N–H and O–H groups in total. The number of aromatic nitrogens is 2. The monoisotopic (exact) mass is 231 g/mol. The highest BCUT2D eigenvalue weighted by Crippen LogP contribution is 2.01. The molecule has 0 fully saturated rings. The summed E-state index contributed by atoms with van der Waals surface area (Å²) in [4.78, 5) is 0. The van der Waals surface area contributed by atoms with Gasteiger partial charge in [0.1, 0.15) is 11.6 Å². The van der Waals surface area contributed by atoms with Gasteiger partial charge in [0, 0.05) is 13.1 Å². The first kappa shape index (κ1) is 11.7.